The van der Waals surface area contributed by atoms with E-state index in [-0.39, 0.29) is 47.9 Å². The standard InChI is InChI=1S/C21H22N2O3/c1-12-4-2-5-13-6-3-9-22(19(12)13)16(24)11-23-20(25)17-14-7-8-15(10-14)18(17)21(23)26/h2,4-5,7-8,14-15,17-18H,3,6,9-11H2,1H3. The van der Waals surface area contributed by atoms with Crippen LogP contribution in [0.2, 0.25) is 0 Å². The second kappa shape index (κ2) is 5.53. The second-order valence-corrected chi connectivity index (χ2v) is 7.99. The zero-order valence-corrected chi connectivity index (χ0v) is 14.9. The molecule has 2 fully saturated rings. The molecule has 5 nitrogen and oxygen atoms in total. The molecule has 4 unspecified atom stereocenters. The molecule has 0 spiro atoms. The topological polar surface area (TPSA) is 57.7 Å². The maximum atomic E-state index is 13.0. The number of imide groups is 1. The Balaban J connectivity index is 1.39. The van der Waals surface area contributed by atoms with E-state index in [1.54, 1.807) is 4.90 Å². The summed E-state index contributed by atoms with van der Waals surface area (Å²) in [6, 6.07) is 6.08. The Bertz CT molecular complexity index is 829. The van der Waals surface area contributed by atoms with Gasteiger partial charge in [-0.3, -0.25) is 19.3 Å². The third-order valence-corrected chi connectivity index (χ3v) is 6.58. The molecule has 134 valence electrons. The van der Waals surface area contributed by atoms with Crippen molar-refractivity contribution >= 4 is 23.4 Å². The molecule has 0 radical (unpaired) electrons. The summed E-state index contributed by atoms with van der Waals surface area (Å²) in [6.45, 7) is 2.52. The number of nitrogens with zero attached hydrogens (tertiary/aromatic N) is 2. The molecule has 4 atom stereocenters. The maximum Gasteiger partial charge on any atom is 0.247 e. The van der Waals surface area contributed by atoms with Crippen LogP contribution in [-0.2, 0) is 20.8 Å². The summed E-state index contributed by atoms with van der Waals surface area (Å²) < 4.78 is 0. The normalized spacial score (nSPS) is 31.6. The Labute approximate surface area is 152 Å². The van der Waals surface area contributed by atoms with Crippen LogP contribution in [0, 0.1) is 30.6 Å². The first kappa shape index (κ1) is 15.8. The molecule has 5 rings (SSSR count). The lowest BCUT2D eigenvalue weighted by Gasteiger charge is -2.32. The zero-order valence-electron chi connectivity index (χ0n) is 14.9. The number of hydrogen-bond acceptors (Lipinski definition) is 3. The molecule has 1 saturated heterocycles. The molecule has 1 aromatic carbocycles. The Morgan fingerprint density at radius 2 is 1.81 bits per heavy atom. The number of para-hydroxylation sites is 1. The van der Waals surface area contributed by atoms with Crippen molar-refractivity contribution in [2.45, 2.75) is 26.2 Å². The summed E-state index contributed by atoms with van der Waals surface area (Å²) >= 11 is 0. The number of fused-ring (bicyclic) bond motifs is 6. The van der Waals surface area contributed by atoms with Crippen LogP contribution in [0.15, 0.2) is 30.4 Å². The van der Waals surface area contributed by atoms with Gasteiger partial charge in [0.25, 0.3) is 0 Å². The Hall–Kier alpha value is -2.43. The molecular formula is C21H22N2O3. The van der Waals surface area contributed by atoms with Crippen molar-refractivity contribution in [3.63, 3.8) is 0 Å². The molecular weight excluding hydrogens is 328 g/mol. The SMILES string of the molecule is Cc1cccc2c1N(C(=O)CN1C(=O)C3C4C=CC(C4)C3C1=O)CCC2. The van der Waals surface area contributed by atoms with Crippen molar-refractivity contribution < 1.29 is 14.4 Å². The number of aryl methyl sites for hydroxylation is 2. The minimum atomic E-state index is -0.235. The highest BCUT2D eigenvalue weighted by Crippen LogP contribution is 2.52. The average Bonchev–Trinajstić information content (AvgIpc) is 3.31. The number of hydrogen-bond donors (Lipinski definition) is 0. The molecule has 2 aliphatic carbocycles. The van der Waals surface area contributed by atoms with Crippen LogP contribution in [0.1, 0.15) is 24.0 Å². The van der Waals surface area contributed by atoms with Gasteiger partial charge in [0.15, 0.2) is 0 Å². The van der Waals surface area contributed by atoms with Crippen LogP contribution in [0.5, 0.6) is 0 Å². The third-order valence-electron chi connectivity index (χ3n) is 6.58. The van der Waals surface area contributed by atoms with Crippen LogP contribution >= 0.6 is 0 Å². The smallest absolute Gasteiger partial charge is 0.247 e. The summed E-state index contributed by atoms with van der Waals surface area (Å²) in [5.41, 5.74) is 3.20. The fraction of sp³-hybridized carbons (Fsp3) is 0.476. The average molecular weight is 350 g/mol. The summed E-state index contributed by atoms with van der Waals surface area (Å²) in [6.07, 6.45) is 6.93. The molecule has 5 heteroatoms. The number of amides is 3. The zero-order chi connectivity index (χ0) is 18.0. The van der Waals surface area contributed by atoms with Gasteiger partial charge < -0.3 is 4.90 Å². The number of carbonyl (C=O) groups is 3. The monoisotopic (exact) mass is 350 g/mol. The van der Waals surface area contributed by atoms with Crippen molar-refractivity contribution in [1.29, 1.82) is 0 Å². The van der Waals surface area contributed by atoms with E-state index in [0.29, 0.717) is 6.54 Å². The van der Waals surface area contributed by atoms with E-state index in [0.717, 1.165) is 30.5 Å². The van der Waals surface area contributed by atoms with E-state index in [1.165, 1.54) is 10.5 Å². The first-order valence-electron chi connectivity index (χ1n) is 9.48. The summed E-state index contributed by atoms with van der Waals surface area (Å²) in [7, 11) is 0. The highest BCUT2D eigenvalue weighted by atomic mass is 16.2. The molecule has 0 aromatic heterocycles. The van der Waals surface area contributed by atoms with Gasteiger partial charge >= 0.3 is 0 Å². The first-order chi connectivity index (χ1) is 12.6. The van der Waals surface area contributed by atoms with Gasteiger partial charge in [-0.1, -0.05) is 30.4 Å². The van der Waals surface area contributed by atoms with Gasteiger partial charge in [0.2, 0.25) is 17.7 Å². The van der Waals surface area contributed by atoms with Crippen LogP contribution in [-0.4, -0.2) is 35.7 Å². The van der Waals surface area contributed by atoms with Gasteiger partial charge in [-0.15, -0.1) is 0 Å². The van der Waals surface area contributed by atoms with Crippen LogP contribution in [0.25, 0.3) is 0 Å². The van der Waals surface area contributed by atoms with Gasteiger partial charge in [-0.25, -0.2) is 0 Å². The lowest BCUT2D eigenvalue weighted by atomic mass is 9.85. The largest absolute Gasteiger partial charge is 0.310 e. The van der Waals surface area contributed by atoms with E-state index in [1.807, 2.05) is 19.1 Å². The fourth-order valence-electron chi connectivity index (χ4n) is 5.44. The molecule has 2 aliphatic heterocycles. The highest BCUT2D eigenvalue weighted by molar-refractivity contribution is 6.10. The molecule has 4 aliphatic rings. The van der Waals surface area contributed by atoms with E-state index in [9.17, 15) is 14.4 Å². The van der Waals surface area contributed by atoms with Crippen LogP contribution in [0.4, 0.5) is 5.69 Å². The van der Waals surface area contributed by atoms with Crippen molar-refractivity contribution in [2.24, 2.45) is 23.7 Å². The molecule has 26 heavy (non-hydrogen) atoms. The summed E-state index contributed by atoms with van der Waals surface area (Å²) in [4.78, 5) is 41.7. The first-order valence-corrected chi connectivity index (χ1v) is 9.48. The van der Waals surface area contributed by atoms with Gasteiger partial charge in [0.05, 0.1) is 11.8 Å². The number of allylic oxidation sites excluding steroid dienone is 2. The van der Waals surface area contributed by atoms with Gasteiger partial charge in [0, 0.05) is 12.2 Å². The number of benzene rings is 1. The van der Waals surface area contributed by atoms with Crippen molar-refractivity contribution in [3.05, 3.63) is 41.5 Å². The summed E-state index contributed by atoms with van der Waals surface area (Å²) in [5.74, 6) is -0.554. The number of anilines is 1. The van der Waals surface area contributed by atoms with E-state index < -0.39 is 0 Å². The minimum Gasteiger partial charge on any atom is -0.310 e. The van der Waals surface area contributed by atoms with Crippen LogP contribution in [0.3, 0.4) is 0 Å². The molecule has 1 saturated carbocycles. The number of likely N-dealkylation sites (tertiary alicyclic amines) is 1. The lowest BCUT2D eigenvalue weighted by molar-refractivity contribution is -0.143. The summed E-state index contributed by atoms with van der Waals surface area (Å²) in [5, 5.41) is 0. The van der Waals surface area contributed by atoms with Gasteiger partial charge in [-0.2, -0.15) is 0 Å². The van der Waals surface area contributed by atoms with Crippen LogP contribution < -0.4 is 4.90 Å². The minimum absolute atomic E-state index is 0.127. The van der Waals surface area contributed by atoms with Crippen molar-refractivity contribution in [3.8, 4) is 0 Å². The maximum absolute atomic E-state index is 13.0. The predicted molar refractivity (Wildman–Crippen MR) is 96.3 cm³/mol. The highest BCUT2D eigenvalue weighted by Gasteiger charge is 2.59. The van der Waals surface area contributed by atoms with Crippen molar-refractivity contribution in [2.75, 3.05) is 18.0 Å². The van der Waals surface area contributed by atoms with Crippen molar-refractivity contribution in [1.82, 2.24) is 4.90 Å². The molecule has 0 N–H and O–H groups in total. The van der Waals surface area contributed by atoms with Gasteiger partial charge in [0.1, 0.15) is 6.54 Å². The Kier molecular flexibility index (Phi) is 3.36. The second-order valence-electron chi connectivity index (χ2n) is 7.99. The van der Waals surface area contributed by atoms with E-state index in [2.05, 4.69) is 18.2 Å². The Morgan fingerprint density at radius 1 is 1.12 bits per heavy atom. The number of rotatable bonds is 2. The fourth-order valence-corrected chi connectivity index (χ4v) is 5.44. The van der Waals surface area contributed by atoms with Gasteiger partial charge in [-0.05, 0) is 49.1 Å². The molecule has 2 bridgehead atoms. The molecule has 2 heterocycles. The lowest BCUT2D eigenvalue weighted by Crippen LogP contribution is -2.45. The third kappa shape index (κ3) is 2.06. The predicted octanol–water partition coefficient (Wildman–Crippen LogP) is 2.08. The molecule has 1 aromatic rings. The van der Waals surface area contributed by atoms with E-state index >= 15 is 0 Å². The Morgan fingerprint density at radius 3 is 2.50 bits per heavy atom. The number of carbonyl (C=O) groups excluding carboxylic acids is 3. The van der Waals surface area contributed by atoms with E-state index in [4.69, 9.17) is 0 Å². The quantitative estimate of drug-likeness (QED) is 0.606. The molecule has 3 amide bonds.